The third kappa shape index (κ3) is 3.38. The predicted molar refractivity (Wildman–Crippen MR) is 53.9 cm³/mol. The van der Waals surface area contributed by atoms with E-state index in [1.807, 2.05) is 32.9 Å². The van der Waals surface area contributed by atoms with Crippen molar-refractivity contribution in [2.75, 3.05) is 6.61 Å². The van der Waals surface area contributed by atoms with Crippen LogP contribution >= 0.6 is 0 Å². The second kappa shape index (κ2) is 6.38. The lowest BCUT2D eigenvalue weighted by Gasteiger charge is -1.99. The lowest BCUT2D eigenvalue weighted by molar-refractivity contribution is 0.0903. The third-order valence-corrected chi connectivity index (χ3v) is 1.59. The Balaban J connectivity index is 0.000000671. The summed E-state index contributed by atoms with van der Waals surface area (Å²) in [6, 6.07) is 7.22. The van der Waals surface area contributed by atoms with Crippen molar-refractivity contribution in [3.05, 3.63) is 35.4 Å². The first kappa shape index (κ1) is 11.8. The van der Waals surface area contributed by atoms with E-state index >= 15 is 0 Å². The standard InChI is InChI=1S/C9H10O2.C2H6/c1-7-4-2-3-5-8(7)9(11)6-10;1-2/h2-5,10H,6H2,1H3;1-2H3. The molecule has 0 bridgehead atoms. The molecule has 0 amide bonds. The highest BCUT2D eigenvalue weighted by Gasteiger charge is 2.04. The Labute approximate surface area is 79.2 Å². The van der Waals surface area contributed by atoms with Gasteiger partial charge in [0.05, 0.1) is 0 Å². The summed E-state index contributed by atoms with van der Waals surface area (Å²) >= 11 is 0. The summed E-state index contributed by atoms with van der Waals surface area (Å²) in [5.41, 5.74) is 1.52. The Bertz CT molecular complexity index is 267. The summed E-state index contributed by atoms with van der Waals surface area (Å²) in [5.74, 6) is -0.219. The van der Waals surface area contributed by atoms with Crippen LogP contribution in [-0.2, 0) is 0 Å². The van der Waals surface area contributed by atoms with Gasteiger partial charge >= 0.3 is 0 Å². The molecule has 0 aromatic heterocycles. The number of aliphatic hydroxyl groups is 1. The fraction of sp³-hybridized carbons (Fsp3) is 0.364. The largest absolute Gasteiger partial charge is 0.388 e. The molecule has 2 heteroatoms. The number of carbonyl (C=O) groups excluding carboxylic acids is 1. The van der Waals surface area contributed by atoms with Crippen LogP contribution in [0.1, 0.15) is 29.8 Å². The van der Waals surface area contributed by atoms with Crippen LogP contribution < -0.4 is 0 Å². The maximum absolute atomic E-state index is 11.0. The van der Waals surface area contributed by atoms with Gasteiger partial charge in [0.15, 0.2) is 5.78 Å². The number of aliphatic hydroxyl groups excluding tert-OH is 1. The highest BCUT2D eigenvalue weighted by Crippen LogP contribution is 2.06. The van der Waals surface area contributed by atoms with Crippen LogP contribution in [0.4, 0.5) is 0 Å². The molecule has 0 heterocycles. The molecule has 0 spiro atoms. The van der Waals surface area contributed by atoms with E-state index in [-0.39, 0.29) is 5.78 Å². The van der Waals surface area contributed by atoms with Crippen LogP contribution in [0, 0.1) is 6.92 Å². The summed E-state index contributed by atoms with van der Waals surface area (Å²) in [6.07, 6.45) is 0. The van der Waals surface area contributed by atoms with Crippen LogP contribution in [0.15, 0.2) is 24.3 Å². The molecule has 1 aromatic rings. The molecule has 1 aromatic carbocycles. The number of rotatable bonds is 2. The summed E-state index contributed by atoms with van der Waals surface area (Å²) in [4.78, 5) is 11.0. The van der Waals surface area contributed by atoms with Gasteiger partial charge in [0.25, 0.3) is 0 Å². The first-order valence-electron chi connectivity index (χ1n) is 4.45. The van der Waals surface area contributed by atoms with Crippen LogP contribution in [0.5, 0.6) is 0 Å². The number of ketones is 1. The Morgan fingerprint density at radius 1 is 1.31 bits per heavy atom. The van der Waals surface area contributed by atoms with E-state index in [1.165, 1.54) is 0 Å². The maximum atomic E-state index is 11.0. The summed E-state index contributed by atoms with van der Waals surface area (Å²) in [6.45, 7) is 5.44. The molecule has 13 heavy (non-hydrogen) atoms. The number of hydrogen-bond donors (Lipinski definition) is 1. The lowest BCUT2D eigenvalue weighted by Crippen LogP contribution is -2.05. The topological polar surface area (TPSA) is 37.3 Å². The van der Waals surface area contributed by atoms with E-state index in [0.717, 1.165) is 5.56 Å². The van der Waals surface area contributed by atoms with E-state index in [2.05, 4.69) is 0 Å². The minimum atomic E-state index is -0.412. The quantitative estimate of drug-likeness (QED) is 0.708. The smallest absolute Gasteiger partial charge is 0.188 e. The summed E-state index contributed by atoms with van der Waals surface area (Å²) in [7, 11) is 0. The van der Waals surface area contributed by atoms with E-state index in [9.17, 15) is 4.79 Å². The minimum absolute atomic E-state index is 0.219. The van der Waals surface area contributed by atoms with Crippen molar-refractivity contribution in [1.29, 1.82) is 0 Å². The minimum Gasteiger partial charge on any atom is -0.388 e. The second-order valence-corrected chi connectivity index (χ2v) is 2.40. The average molecular weight is 180 g/mol. The van der Waals surface area contributed by atoms with Crippen molar-refractivity contribution >= 4 is 5.78 Å². The third-order valence-electron chi connectivity index (χ3n) is 1.59. The molecule has 1 N–H and O–H groups in total. The van der Waals surface area contributed by atoms with Crippen molar-refractivity contribution in [3.63, 3.8) is 0 Å². The van der Waals surface area contributed by atoms with Crippen molar-refractivity contribution in [1.82, 2.24) is 0 Å². The SMILES string of the molecule is CC.Cc1ccccc1C(=O)CO. The van der Waals surface area contributed by atoms with Gasteiger partial charge in [0, 0.05) is 5.56 Å². The summed E-state index contributed by atoms with van der Waals surface area (Å²) < 4.78 is 0. The Morgan fingerprint density at radius 3 is 2.31 bits per heavy atom. The lowest BCUT2D eigenvalue weighted by atomic mass is 10.1. The first-order chi connectivity index (χ1) is 6.25. The van der Waals surface area contributed by atoms with Gasteiger partial charge < -0.3 is 5.11 Å². The van der Waals surface area contributed by atoms with Crippen molar-refractivity contribution in [2.45, 2.75) is 20.8 Å². The Kier molecular flexibility index (Phi) is 5.81. The summed E-state index contributed by atoms with van der Waals surface area (Å²) in [5, 5.41) is 8.56. The molecule has 0 atom stereocenters. The molecule has 2 nitrogen and oxygen atoms in total. The van der Waals surface area contributed by atoms with E-state index in [0.29, 0.717) is 5.56 Å². The van der Waals surface area contributed by atoms with Crippen molar-refractivity contribution < 1.29 is 9.90 Å². The van der Waals surface area contributed by atoms with E-state index in [1.54, 1.807) is 12.1 Å². The molecule has 0 aliphatic rings. The zero-order valence-corrected chi connectivity index (χ0v) is 8.37. The van der Waals surface area contributed by atoms with Gasteiger partial charge in [0.1, 0.15) is 6.61 Å². The van der Waals surface area contributed by atoms with Crippen LogP contribution in [-0.4, -0.2) is 17.5 Å². The molecule has 0 unspecified atom stereocenters. The van der Waals surface area contributed by atoms with Crippen LogP contribution in [0.3, 0.4) is 0 Å². The van der Waals surface area contributed by atoms with Gasteiger partial charge in [-0.2, -0.15) is 0 Å². The van der Waals surface area contributed by atoms with Gasteiger partial charge in [-0.15, -0.1) is 0 Å². The van der Waals surface area contributed by atoms with Crippen LogP contribution in [0.25, 0.3) is 0 Å². The van der Waals surface area contributed by atoms with Gasteiger partial charge in [-0.1, -0.05) is 38.1 Å². The molecule has 0 fully saturated rings. The molecular formula is C11H16O2. The second-order valence-electron chi connectivity index (χ2n) is 2.40. The van der Waals surface area contributed by atoms with E-state index < -0.39 is 6.61 Å². The van der Waals surface area contributed by atoms with Crippen LogP contribution in [0.2, 0.25) is 0 Å². The maximum Gasteiger partial charge on any atom is 0.188 e. The molecule has 0 aliphatic heterocycles. The monoisotopic (exact) mass is 180 g/mol. The van der Waals surface area contributed by atoms with Crippen molar-refractivity contribution in [3.8, 4) is 0 Å². The number of hydrogen-bond acceptors (Lipinski definition) is 2. The number of benzene rings is 1. The zero-order valence-electron chi connectivity index (χ0n) is 8.37. The van der Waals surface area contributed by atoms with Gasteiger partial charge in [-0.3, -0.25) is 4.79 Å². The fourth-order valence-corrected chi connectivity index (χ4v) is 0.971. The zero-order chi connectivity index (χ0) is 10.3. The van der Waals surface area contributed by atoms with E-state index in [4.69, 9.17) is 5.11 Å². The molecular weight excluding hydrogens is 164 g/mol. The number of carbonyl (C=O) groups is 1. The van der Waals surface area contributed by atoms with Gasteiger partial charge in [0.2, 0.25) is 0 Å². The van der Waals surface area contributed by atoms with Gasteiger partial charge in [-0.25, -0.2) is 0 Å². The Morgan fingerprint density at radius 2 is 1.85 bits per heavy atom. The highest BCUT2D eigenvalue weighted by molar-refractivity contribution is 5.98. The molecule has 0 aliphatic carbocycles. The molecule has 1 rings (SSSR count). The molecule has 0 saturated carbocycles. The number of aryl methyl sites for hydroxylation is 1. The predicted octanol–water partition coefficient (Wildman–Crippen LogP) is 2.20. The Hall–Kier alpha value is -1.15. The van der Waals surface area contributed by atoms with Crippen molar-refractivity contribution in [2.24, 2.45) is 0 Å². The fourth-order valence-electron chi connectivity index (χ4n) is 0.971. The average Bonchev–Trinajstić information content (AvgIpc) is 2.20. The molecule has 0 radical (unpaired) electrons. The first-order valence-corrected chi connectivity index (χ1v) is 4.45. The van der Waals surface area contributed by atoms with Gasteiger partial charge in [-0.05, 0) is 12.5 Å². The molecule has 72 valence electrons. The number of Topliss-reactive ketones (excluding diaryl/α,β-unsaturated/α-hetero) is 1. The highest BCUT2D eigenvalue weighted by atomic mass is 16.3. The molecule has 0 saturated heterocycles. The normalized spacial score (nSPS) is 8.62.